The normalized spacial score (nSPS) is 12.2. The molecule has 0 unspecified atom stereocenters. The van der Waals surface area contributed by atoms with E-state index in [-0.39, 0.29) is 6.61 Å². The van der Waals surface area contributed by atoms with Gasteiger partial charge >= 0.3 is 6.09 Å². The molecule has 0 fully saturated rings. The van der Waals surface area contributed by atoms with Crippen LogP contribution in [0.5, 0.6) is 0 Å². The number of ether oxygens (including phenoxy) is 2. The predicted molar refractivity (Wildman–Crippen MR) is 114 cm³/mol. The van der Waals surface area contributed by atoms with Gasteiger partial charge in [-0.2, -0.15) is 0 Å². The standard InChI is InChI=1S/C22H27ClN2O4/c1-15-12-17(23)10-11-18(15)24-20(26)19(25-21(27)29-22(2,3)4)14-28-13-16-8-6-5-7-9-16/h5-12,19H,13-14H2,1-4H3,(H,24,26)(H,25,27)/t19-/m0/s1. The molecule has 1 atom stereocenters. The van der Waals surface area contributed by atoms with Gasteiger partial charge in [-0.25, -0.2) is 4.79 Å². The van der Waals surface area contributed by atoms with E-state index >= 15 is 0 Å². The second kappa shape index (κ2) is 10.3. The molecule has 0 aliphatic carbocycles. The monoisotopic (exact) mass is 418 g/mol. The average Bonchev–Trinajstić information content (AvgIpc) is 2.62. The van der Waals surface area contributed by atoms with Crippen LogP contribution in [0, 0.1) is 6.92 Å². The molecule has 2 rings (SSSR count). The molecule has 0 aliphatic rings. The average molecular weight is 419 g/mol. The van der Waals surface area contributed by atoms with Gasteiger partial charge < -0.3 is 20.1 Å². The van der Waals surface area contributed by atoms with Gasteiger partial charge in [0.05, 0.1) is 13.2 Å². The molecule has 7 heteroatoms. The highest BCUT2D eigenvalue weighted by Gasteiger charge is 2.25. The molecule has 0 aliphatic heterocycles. The lowest BCUT2D eigenvalue weighted by molar-refractivity contribution is -0.119. The summed E-state index contributed by atoms with van der Waals surface area (Å²) in [6, 6.07) is 13.8. The third-order valence-electron chi connectivity index (χ3n) is 3.85. The van der Waals surface area contributed by atoms with E-state index in [1.54, 1.807) is 39.0 Å². The predicted octanol–water partition coefficient (Wildman–Crippen LogP) is 4.70. The van der Waals surface area contributed by atoms with Crippen LogP contribution in [-0.2, 0) is 20.9 Å². The van der Waals surface area contributed by atoms with Crippen molar-refractivity contribution in [1.82, 2.24) is 5.32 Å². The first-order valence-electron chi connectivity index (χ1n) is 9.32. The number of rotatable bonds is 7. The molecule has 0 bridgehead atoms. The topological polar surface area (TPSA) is 76.7 Å². The summed E-state index contributed by atoms with van der Waals surface area (Å²) in [6.45, 7) is 7.41. The lowest BCUT2D eigenvalue weighted by Gasteiger charge is -2.23. The van der Waals surface area contributed by atoms with Crippen LogP contribution in [0.3, 0.4) is 0 Å². The molecule has 2 amide bonds. The highest BCUT2D eigenvalue weighted by atomic mass is 35.5. The Labute approximate surface area is 176 Å². The summed E-state index contributed by atoms with van der Waals surface area (Å²) in [4.78, 5) is 25.0. The molecule has 6 nitrogen and oxygen atoms in total. The van der Waals surface area contributed by atoms with E-state index in [1.165, 1.54) is 0 Å². The Morgan fingerprint density at radius 2 is 1.79 bits per heavy atom. The number of carbonyl (C=O) groups is 2. The van der Waals surface area contributed by atoms with Crippen LogP contribution in [0.1, 0.15) is 31.9 Å². The minimum Gasteiger partial charge on any atom is -0.444 e. The minimum atomic E-state index is -0.927. The first-order chi connectivity index (χ1) is 13.6. The lowest BCUT2D eigenvalue weighted by atomic mass is 10.2. The number of hydrogen-bond donors (Lipinski definition) is 2. The maximum Gasteiger partial charge on any atom is 0.408 e. The van der Waals surface area contributed by atoms with Gasteiger partial charge in [-0.15, -0.1) is 0 Å². The molecule has 29 heavy (non-hydrogen) atoms. The third kappa shape index (κ3) is 8.13. The Morgan fingerprint density at radius 1 is 1.10 bits per heavy atom. The van der Waals surface area contributed by atoms with Gasteiger partial charge in [0.15, 0.2) is 0 Å². The van der Waals surface area contributed by atoms with Crippen LogP contribution < -0.4 is 10.6 Å². The van der Waals surface area contributed by atoms with Gasteiger partial charge in [0.2, 0.25) is 5.91 Å². The van der Waals surface area contributed by atoms with Crippen molar-refractivity contribution in [2.45, 2.75) is 45.9 Å². The number of amides is 2. The number of halogens is 1. The Kier molecular flexibility index (Phi) is 8.05. The number of alkyl carbamates (subject to hydrolysis) is 1. The molecule has 0 radical (unpaired) electrons. The molecule has 2 aromatic carbocycles. The summed E-state index contributed by atoms with van der Waals surface area (Å²) < 4.78 is 10.9. The fraction of sp³-hybridized carbons (Fsp3) is 0.364. The summed E-state index contributed by atoms with van der Waals surface area (Å²) in [7, 11) is 0. The zero-order chi connectivity index (χ0) is 21.4. The molecular formula is C22H27ClN2O4. The number of aryl methyl sites for hydroxylation is 1. The number of nitrogens with one attached hydrogen (secondary N) is 2. The zero-order valence-corrected chi connectivity index (χ0v) is 17.9. The third-order valence-corrected chi connectivity index (χ3v) is 4.08. The van der Waals surface area contributed by atoms with Gasteiger partial charge in [0.1, 0.15) is 11.6 Å². The molecule has 0 saturated heterocycles. The Balaban J connectivity index is 2.05. The molecule has 0 saturated carbocycles. The first-order valence-corrected chi connectivity index (χ1v) is 9.70. The summed E-state index contributed by atoms with van der Waals surface area (Å²) in [5.41, 5.74) is 1.71. The molecular weight excluding hydrogens is 392 g/mol. The quantitative estimate of drug-likeness (QED) is 0.683. The number of benzene rings is 2. The van der Waals surface area contributed by atoms with E-state index in [2.05, 4.69) is 10.6 Å². The summed E-state index contributed by atoms with van der Waals surface area (Å²) in [5.74, 6) is -0.408. The van der Waals surface area contributed by atoms with Crippen molar-refractivity contribution in [1.29, 1.82) is 0 Å². The smallest absolute Gasteiger partial charge is 0.408 e. The van der Waals surface area contributed by atoms with E-state index in [4.69, 9.17) is 21.1 Å². The van der Waals surface area contributed by atoms with Crippen LogP contribution in [0.4, 0.5) is 10.5 Å². The SMILES string of the molecule is Cc1cc(Cl)ccc1NC(=O)[C@H](COCc1ccccc1)NC(=O)OC(C)(C)C. The minimum absolute atomic E-state index is 0.00733. The van der Waals surface area contributed by atoms with Crippen LogP contribution >= 0.6 is 11.6 Å². The molecule has 0 aromatic heterocycles. The lowest BCUT2D eigenvalue weighted by Crippen LogP contribution is -2.48. The second-order valence-corrected chi connectivity index (χ2v) is 8.08. The van der Waals surface area contributed by atoms with Crippen LogP contribution in [0.25, 0.3) is 0 Å². The number of anilines is 1. The largest absolute Gasteiger partial charge is 0.444 e. The second-order valence-electron chi connectivity index (χ2n) is 7.65. The van der Waals surface area contributed by atoms with Crippen LogP contribution in [0.2, 0.25) is 5.02 Å². The van der Waals surface area contributed by atoms with E-state index in [1.807, 2.05) is 37.3 Å². The van der Waals surface area contributed by atoms with Crippen LogP contribution in [0.15, 0.2) is 48.5 Å². The Bertz CT molecular complexity index is 834. The highest BCUT2D eigenvalue weighted by molar-refractivity contribution is 6.30. The van der Waals surface area contributed by atoms with Crippen molar-refractivity contribution < 1.29 is 19.1 Å². The number of carbonyl (C=O) groups excluding carboxylic acids is 2. The van der Waals surface area contributed by atoms with Crippen molar-refractivity contribution in [2.75, 3.05) is 11.9 Å². The maximum absolute atomic E-state index is 12.8. The summed E-state index contributed by atoms with van der Waals surface area (Å²) in [6.07, 6.45) is -0.686. The first kappa shape index (κ1) is 22.7. The van der Waals surface area contributed by atoms with Crippen molar-refractivity contribution >= 4 is 29.3 Å². The Hall–Kier alpha value is -2.57. The highest BCUT2D eigenvalue weighted by Crippen LogP contribution is 2.20. The van der Waals surface area contributed by atoms with Crippen molar-refractivity contribution in [2.24, 2.45) is 0 Å². The summed E-state index contributed by atoms with van der Waals surface area (Å²) in [5, 5.41) is 5.97. The summed E-state index contributed by atoms with van der Waals surface area (Å²) >= 11 is 5.97. The molecule has 0 heterocycles. The van der Waals surface area contributed by atoms with E-state index < -0.39 is 23.6 Å². The van der Waals surface area contributed by atoms with Gasteiger partial charge in [0.25, 0.3) is 0 Å². The van der Waals surface area contributed by atoms with Gasteiger partial charge in [-0.05, 0) is 57.0 Å². The van der Waals surface area contributed by atoms with Crippen molar-refractivity contribution in [3.8, 4) is 0 Å². The molecule has 2 N–H and O–H groups in total. The van der Waals surface area contributed by atoms with Gasteiger partial charge in [0, 0.05) is 10.7 Å². The molecule has 0 spiro atoms. The molecule has 2 aromatic rings. The van der Waals surface area contributed by atoms with E-state index in [9.17, 15) is 9.59 Å². The fourth-order valence-electron chi connectivity index (χ4n) is 2.49. The maximum atomic E-state index is 12.8. The van der Waals surface area contributed by atoms with E-state index in [0.717, 1.165) is 11.1 Å². The van der Waals surface area contributed by atoms with Gasteiger partial charge in [-0.1, -0.05) is 41.9 Å². The molecule has 156 valence electrons. The number of hydrogen-bond acceptors (Lipinski definition) is 4. The van der Waals surface area contributed by atoms with Crippen molar-refractivity contribution in [3.05, 3.63) is 64.7 Å². The van der Waals surface area contributed by atoms with Gasteiger partial charge in [-0.3, -0.25) is 4.79 Å². The Morgan fingerprint density at radius 3 is 2.41 bits per heavy atom. The van der Waals surface area contributed by atoms with Crippen molar-refractivity contribution in [3.63, 3.8) is 0 Å². The zero-order valence-electron chi connectivity index (χ0n) is 17.1. The fourth-order valence-corrected chi connectivity index (χ4v) is 2.72. The van der Waals surface area contributed by atoms with Crippen LogP contribution in [-0.4, -0.2) is 30.3 Å². The van der Waals surface area contributed by atoms with E-state index in [0.29, 0.717) is 17.3 Å².